The summed E-state index contributed by atoms with van der Waals surface area (Å²) in [5.74, 6) is 0. The highest BCUT2D eigenvalue weighted by Gasteiger charge is 2.45. The quantitative estimate of drug-likeness (QED) is 0.163. The second kappa shape index (κ2) is 29.7. The number of furan rings is 4. The lowest BCUT2D eigenvalue weighted by Crippen LogP contribution is -2.36. The molecule has 6 aromatic carbocycles. The molecule has 10 nitrogen and oxygen atoms in total. The third kappa shape index (κ3) is 13.1. The number of aromatic nitrogens is 6. The van der Waals surface area contributed by atoms with Crippen LogP contribution in [0.2, 0.25) is 0 Å². The van der Waals surface area contributed by atoms with Crippen LogP contribution in [-0.4, -0.2) is 9.97 Å². The van der Waals surface area contributed by atoms with Crippen molar-refractivity contribution in [1.29, 1.82) is 0 Å². The number of nitrogens with zero attached hydrogens (tertiary/aromatic N) is 6. The molecule has 10 heteroatoms. The van der Waals surface area contributed by atoms with Gasteiger partial charge in [-0.05, 0) is 246 Å². The van der Waals surface area contributed by atoms with Crippen LogP contribution in [0.25, 0.3) is 133 Å². The van der Waals surface area contributed by atoms with Crippen LogP contribution in [0.3, 0.4) is 0 Å². The number of fused-ring (bicyclic) bond motifs is 16. The second-order valence-corrected chi connectivity index (χ2v) is 38.2. The van der Waals surface area contributed by atoms with E-state index in [0.29, 0.717) is 21.7 Å². The van der Waals surface area contributed by atoms with Crippen LogP contribution < -0.4 is 18.3 Å². The molecule has 0 N–H and O–H groups in total. The lowest BCUT2D eigenvalue weighted by Gasteiger charge is -2.41. The van der Waals surface area contributed by atoms with E-state index in [4.69, 9.17) is 22.7 Å². The van der Waals surface area contributed by atoms with Crippen molar-refractivity contribution in [3.8, 4) is 45.0 Å². The Morgan fingerprint density at radius 2 is 0.686 bits per heavy atom. The summed E-state index contributed by atoms with van der Waals surface area (Å²) in [6.07, 6.45) is 55.9. The number of hydrogen-bond donors (Lipinski definition) is 0. The van der Waals surface area contributed by atoms with Crippen LogP contribution in [0.5, 0.6) is 0 Å². The van der Waals surface area contributed by atoms with Crippen molar-refractivity contribution < 1.29 is 35.9 Å². The Balaban J connectivity index is 0.0000000978. The molecular formula is C108H114N6O4+4. The Bertz CT molecular complexity index is 6190. The Morgan fingerprint density at radius 1 is 0.305 bits per heavy atom. The van der Waals surface area contributed by atoms with E-state index in [9.17, 15) is 0 Å². The van der Waals surface area contributed by atoms with Gasteiger partial charge in [0.2, 0.25) is 22.8 Å². The molecule has 4 saturated carbocycles. The fourth-order valence-electron chi connectivity index (χ4n) is 24.3. The van der Waals surface area contributed by atoms with Crippen LogP contribution >= 0.6 is 0 Å². The normalized spacial score (nSPS) is 18.1. The summed E-state index contributed by atoms with van der Waals surface area (Å²) in [7, 11) is 8.75. The molecule has 4 fully saturated rings. The fourth-order valence-corrected chi connectivity index (χ4v) is 24.3. The average molecular weight is 1560 g/mol. The van der Waals surface area contributed by atoms with Gasteiger partial charge < -0.3 is 17.7 Å². The maximum Gasteiger partial charge on any atom is 0.219 e. The van der Waals surface area contributed by atoms with Gasteiger partial charge >= 0.3 is 0 Å². The van der Waals surface area contributed by atoms with Gasteiger partial charge in [0.15, 0.2) is 30.4 Å². The van der Waals surface area contributed by atoms with Gasteiger partial charge in [-0.1, -0.05) is 156 Å². The van der Waals surface area contributed by atoms with Crippen molar-refractivity contribution in [3.05, 3.63) is 250 Å². The second-order valence-electron chi connectivity index (χ2n) is 38.2. The third-order valence-corrected chi connectivity index (χ3v) is 30.6. The van der Waals surface area contributed by atoms with Crippen molar-refractivity contribution in [2.24, 2.45) is 49.9 Å². The van der Waals surface area contributed by atoms with Crippen LogP contribution in [-0.2, 0) is 79.6 Å². The Kier molecular flexibility index (Phi) is 18.9. The monoisotopic (exact) mass is 1560 g/mol. The minimum atomic E-state index is 0.515. The van der Waals surface area contributed by atoms with Gasteiger partial charge in [-0.3, -0.25) is 9.97 Å². The molecule has 8 aliphatic rings. The summed E-state index contributed by atoms with van der Waals surface area (Å²) in [6.45, 7) is 8.78. The van der Waals surface area contributed by atoms with Gasteiger partial charge in [0.05, 0.1) is 22.3 Å². The molecule has 0 aliphatic heterocycles. The lowest BCUT2D eigenvalue weighted by atomic mass is 9.64. The summed E-state index contributed by atoms with van der Waals surface area (Å²) in [4.78, 5) is 9.06. The Morgan fingerprint density at radius 3 is 1.17 bits per heavy atom. The summed E-state index contributed by atoms with van der Waals surface area (Å²) < 4.78 is 34.8. The molecule has 0 unspecified atom stereocenters. The predicted molar refractivity (Wildman–Crippen MR) is 477 cm³/mol. The molecule has 16 aromatic rings. The average Bonchev–Trinajstić information content (AvgIpc) is 1.44. The van der Waals surface area contributed by atoms with E-state index in [1.165, 1.54) is 293 Å². The van der Waals surface area contributed by atoms with E-state index in [1.807, 2.05) is 30.6 Å². The molecule has 0 bridgehead atoms. The van der Waals surface area contributed by atoms with Gasteiger partial charge in [-0.2, -0.15) is 0 Å². The zero-order chi connectivity index (χ0) is 79.8. The number of benzene rings is 6. The first-order valence-corrected chi connectivity index (χ1v) is 45.0. The smallest absolute Gasteiger partial charge is 0.219 e. The summed E-state index contributed by atoms with van der Waals surface area (Å²) in [6, 6.07) is 50.1. The fraction of sp³-hybridized carbons (Fsp3) is 0.389. The molecule has 8 aliphatic carbocycles. The topological polar surface area (TPSA) is 93.9 Å². The van der Waals surface area contributed by atoms with E-state index < -0.39 is 0 Å². The molecule has 24 rings (SSSR count). The van der Waals surface area contributed by atoms with E-state index in [1.54, 1.807) is 39.6 Å². The molecule has 0 atom stereocenters. The number of aryl methyl sites for hydroxylation is 11. The first kappa shape index (κ1) is 74.9. The van der Waals surface area contributed by atoms with Crippen molar-refractivity contribution in [3.63, 3.8) is 0 Å². The maximum atomic E-state index is 6.44. The molecule has 4 spiro atoms. The zero-order valence-electron chi connectivity index (χ0n) is 70.8. The number of pyridine rings is 6. The molecule has 10 heterocycles. The molecular weight excluding hydrogens is 1450 g/mol. The van der Waals surface area contributed by atoms with E-state index >= 15 is 0 Å². The number of para-hydroxylation sites is 3. The SMILES string of the molecule is Cc1ccc2c(oc3ccccc32)c1-c1c2c(cc[n+]1C)CC1(CCCC1)C2.Cc1ccc2c(oc3ccccc32)c1-c1cc2c(c[n+]1C)CCC1(CCCCC1)C2.Cc1ccc2c(oc3ccncc32)c1-c1cc2c(c[n+]1C)CCC1(CCCCC1)C2.Cc1cnc2c(oc3ccccc32)c1-c1cc2c(c[n+]1C)CCC1(CCCCC1)C2. The first-order chi connectivity index (χ1) is 57.6. The maximum absolute atomic E-state index is 6.44. The van der Waals surface area contributed by atoms with Crippen LogP contribution in [0.1, 0.15) is 208 Å². The van der Waals surface area contributed by atoms with Gasteiger partial charge in [0, 0.05) is 103 Å². The summed E-state index contributed by atoms with van der Waals surface area (Å²) >= 11 is 0. The third-order valence-electron chi connectivity index (χ3n) is 30.6. The standard InChI is InChI=1S/C28H30NO.2C27H29N2O.C26H26NO/c1-19-10-11-23-22-8-4-5-9-25(22)30-27(23)26(19)24-16-21-17-28(13-6-3-7-14-28)15-12-20(21)18-29(24)2;1-18-16-28-25-21-8-4-5-9-23(21)30-26(25)24(18)22-14-20-15-27(11-6-3-7-12-27)13-10-19(20)17-29(22)2;1-18-6-7-21-22-16-28-13-9-24(22)30-26(21)25(18)23-14-20-15-27(10-4-3-5-11-27)12-8-19(20)17-29(23)2;1-17-9-10-20-19-7-3-4-8-22(19)28-25(20)23(17)24-21-16-26(12-5-6-13-26)15-18(21)11-14-27(24)2/h4-5,8-11,16,18H,3,6-7,12-15,17H2,1-2H3;4-5,8-9,14,16-17H,3,6-7,10-13,15H2,1-2H3;6-7,9,13-14,16-17H,3-5,8,10-12,15H2,1-2H3;3-4,7-11,14H,5-6,12-13,15-16H2,1-2H3/q4*+1. The molecule has 0 saturated heterocycles. The Hall–Kier alpha value is -10.6. The molecule has 0 radical (unpaired) electrons. The molecule has 0 amide bonds. The summed E-state index contributed by atoms with van der Waals surface area (Å²) in [5.41, 5.74) is 38.4. The first-order valence-electron chi connectivity index (χ1n) is 45.0. The van der Waals surface area contributed by atoms with E-state index in [0.717, 1.165) is 66.3 Å². The van der Waals surface area contributed by atoms with Crippen molar-refractivity contribution in [1.82, 2.24) is 9.97 Å². The Labute approximate surface area is 694 Å². The largest absolute Gasteiger partial charge is 0.455 e. The predicted octanol–water partition coefficient (Wildman–Crippen LogP) is 25.3. The van der Waals surface area contributed by atoms with E-state index in [-0.39, 0.29) is 0 Å². The van der Waals surface area contributed by atoms with Crippen LogP contribution in [0, 0.1) is 49.4 Å². The van der Waals surface area contributed by atoms with Crippen LogP contribution in [0.4, 0.5) is 0 Å². The van der Waals surface area contributed by atoms with Crippen molar-refractivity contribution >= 4 is 87.9 Å². The number of hydrogen-bond acceptors (Lipinski definition) is 6. The van der Waals surface area contributed by atoms with Crippen LogP contribution in [0.15, 0.2) is 201 Å². The highest BCUT2D eigenvalue weighted by molar-refractivity contribution is 6.12. The van der Waals surface area contributed by atoms with Gasteiger partial charge in [-0.25, -0.2) is 18.3 Å². The minimum Gasteiger partial charge on any atom is -0.455 e. The van der Waals surface area contributed by atoms with Crippen molar-refractivity contribution in [2.45, 2.75) is 220 Å². The molecule has 596 valence electrons. The van der Waals surface area contributed by atoms with E-state index in [2.05, 4.69) is 225 Å². The minimum absolute atomic E-state index is 0.515. The van der Waals surface area contributed by atoms with Gasteiger partial charge in [-0.15, -0.1) is 0 Å². The number of rotatable bonds is 4. The molecule has 118 heavy (non-hydrogen) atoms. The highest BCUT2D eigenvalue weighted by atomic mass is 16.3. The van der Waals surface area contributed by atoms with Gasteiger partial charge in [0.25, 0.3) is 0 Å². The van der Waals surface area contributed by atoms with Crippen molar-refractivity contribution in [2.75, 3.05) is 0 Å². The lowest BCUT2D eigenvalue weighted by molar-refractivity contribution is -0.661. The summed E-state index contributed by atoms with van der Waals surface area (Å²) in [5, 5.41) is 8.19. The van der Waals surface area contributed by atoms with Gasteiger partial charge in [0.1, 0.15) is 72.8 Å². The highest BCUT2D eigenvalue weighted by Crippen LogP contribution is 2.54. The zero-order valence-corrected chi connectivity index (χ0v) is 70.8. The molecule has 10 aromatic heterocycles.